The lowest BCUT2D eigenvalue weighted by Crippen LogP contribution is -2.04. The fourth-order valence-corrected chi connectivity index (χ4v) is 2.32. The molecule has 0 spiro atoms. The summed E-state index contributed by atoms with van der Waals surface area (Å²) >= 11 is 0. The van der Waals surface area contributed by atoms with Crippen LogP contribution in [0, 0.1) is 11.3 Å². The summed E-state index contributed by atoms with van der Waals surface area (Å²) in [5, 5.41) is 18.9. The first-order valence-electron chi connectivity index (χ1n) is 6.79. The zero-order valence-corrected chi connectivity index (χ0v) is 12.1. The van der Waals surface area contributed by atoms with E-state index in [-0.39, 0.29) is 5.69 Å². The molecule has 0 aliphatic rings. The third-order valence-corrected chi connectivity index (χ3v) is 3.49. The van der Waals surface area contributed by atoms with Gasteiger partial charge in [-0.3, -0.25) is 0 Å². The van der Waals surface area contributed by atoms with Gasteiger partial charge < -0.3 is 5.73 Å². The number of benzene rings is 2. The molecule has 0 aliphatic heterocycles. The van der Waals surface area contributed by atoms with Crippen molar-refractivity contribution >= 4 is 5.69 Å². The molecule has 3 N–H and O–H groups in total. The van der Waals surface area contributed by atoms with Crippen LogP contribution < -0.4 is 5.73 Å². The van der Waals surface area contributed by atoms with E-state index >= 15 is 0 Å². The Balaban J connectivity index is 2.13. The minimum absolute atomic E-state index is 0.162. The largest absolute Gasteiger partial charge is 0.416 e. The van der Waals surface area contributed by atoms with Crippen molar-refractivity contribution in [2.24, 2.45) is 0 Å². The minimum Gasteiger partial charge on any atom is -0.398 e. The van der Waals surface area contributed by atoms with Gasteiger partial charge >= 0.3 is 6.18 Å². The molecule has 3 rings (SSSR count). The summed E-state index contributed by atoms with van der Waals surface area (Å²) in [6.45, 7) is 0. The number of anilines is 1. The molecule has 0 aliphatic carbocycles. The number of H-pyrrole nitrogens is 1. The van der Waals surface area contributed by atoms with Crippen molar-refractivity contribution in [1.29, 1.82) is 5.26 Å². The number of nitrogen functional groups attached to an aromatic ring is 1. The molecule has 0 radical (unpaired) electrons. The number of nitrogens with one attached hydrogen (secondary N) is 1. The standard InChI is InChI=1S/C16H10F3N5/c17-16(18,19)11-3-1-2-9(6-11)12-7-10(4-5-13(12)21)15-14(8-20)22-24-23-15/h1-7H,21H2,(H,22,23,24). The molecule has 3 aromatic rings. The first-order chi connectivity index (χ1) is 11.4. The van der Waals surface area contributed by atoms with E-state index in [9.17, 15) is 13.2 Å². The zero-order chi connectivity index (χ0) is 17.3. The summed E-state index contributed by atoms with van der Waals surface area (Å²) < 4.78 is 38.7. The number of hydrogen-bond donors (Lipinski definition) is 2. The summed E-state index contributed by atoms with van der Waals surface area (Å²) in [4.78, 5) is 0. The molecule has 0 unspecified atom stereocenters. The number of rotatable bonds is 2. The molecule has 0 bridgehead atoms. The molecular weight excluding hydrogens is 319 g/mol. The molecule has 0 saturated heterocycles. The minimum atomic E-state index is -4.44. The van der Waals surface area contributed by atoms with E-state index in [1.54, 1.807) is 24.3 Å². The Morgan fingerprint density at radius 1 is 1.08 bits per heavy atom. The Labute approximate surface area is 134 Å². The number of alkyl halides is 3. The van der Waals surface area contributed by atoms with Gasteiger partial charge in [0, 0.05) is 16.8 Å². The molecule has 8 heteroatoms. The average Bonchev–Trinajstić information content (AvgIpc) is 3.03. The molecule has 1 aromatic heterocycles. The van der Waals surface area contributed by atoms with Gasteiger partial charge in [0.1, 0.15) is 11.8 Å². The van der Waals surface area contributed by atoms with Crippen molar-refractivity contribution in [3.05, 3.63) is 53.7 Å². The molecule has 0 amide bonds. The highest BCUT2D eigenvalue weighted by molar-refractivity contribution is 5.82. The van der Waals surface area contributed by atoms with Crippen LogP contribution in [-0.2, 0) is 6.18 Å². The number of aromatic amines is 1. The maximum atomic E-state index is 12.9. The van der Waals surface area contributed by atoms with Crippen LogP contribution in [0.4, 0.5) is 18.9 Å². The molecule has 1 heterocycles. The third-order valence-electron chi connectivity index (χ3n) is 3.49. The maximum Gasteiger partial charge on any atom is 0.416 e. The van der Waals surface area contributed by atoms with Gasteiger partial charge in [-0.05, 0) is 29.8 Å². The van der Waals surface area contributed by atoms with Crippen LogP contribution in [0.2, 0.25) is 0 Å². The Kier molecular flexibility index (Phi) is 3.69. The van der Waals surface area contributed by atoms with Crippen LogP contribution in [0.15, 0.2) is 42.5 Å². The second kappa shape index (κ2) is 5.70. The smallest absolute Gasteiger partial charge is 0.398 e. The summed E-state index contributed by atoms with van der Waals surface area (Å²) in [5.41, 5.74) is 7.22. The van der Waals surface area contributed by atoms with Crippen LogP contribution in [0.3, 0.4) is 0 Å². The van der Waals surface area contributed by atoms with E-state index in [4.69, 9.17) is 11.0 Å². The lowest BCUT2D eigenvalue weighted by Gasteiger charge is -2.11. The molecule has 0 saturated carbocycles. The molecule has 5 nitrogen and oxygen atoms in total. The maximum absolute atomic E-state index is 12.9. The van der Waals surface area contributed by atoms with E-state index in [1.165, 1.54) is 6.07 Å². The second-order valence-electron chi connectivity index (χ2n) is 5.03. The molecule has 24 heavy (non-hydrogen) atoms. The molecule has 0 fully saturated rings. The molecule has 120 valence electrons. The number of nitriles is 1. The topological polar surface area (TPSA) is 91.4 Å². The van der Waals surface area contributed by atoms with Gasteiger partial charge in [-0.1, -0.05) is 23.4 Å². The van der Waals surface area contributed by atoms with Crippen LogP contribution in [0.1, 0.15) is 11.3 Å². The number of hydrogen-bond acceptors (Lipinski definition) is 4. The summed E-state index contributed by atoms with van der Waals surface area (Å²) in [6.07, 6.45) is -4.44. The Bertz CT molecular complexity index is 937. The van der Waals surface area contributed by atoms with Crippen LogP contribution in [0.25, 0.3) is 22.4 Å². The van der Waals surface area contributed by atoms with Crippen LogP contribution in [-0.4, -0.2) is 15.4 Å². The highest BCUT2D eigenvalue weighted by Crippen LogP contribution is 2.35. The predicted molar refractivity (Wildman–Crippen MR) is 81.4 cm³/mol. The van der Waals surface area contributed by atoms with Gasteiger partial charge in [-0.25, -0.2) is 5.10 Å². The van der Waals surface area contributed by atoms with Gasteiger partial charge in [-0.2, -0.15) is 18.4 Å². The molecule has 2 aromatic carbocycles. The van der Waals surface area contributed by atoms with Crippen molar-refractivity contribution in [1.82, 2.24) is 15.4 Å². The lowest BCUT2D eigenvalue weighted by atomic mass is 9.98. The zero-order valence-electron chi connectivity index (χ0n) is 12.1. The number of nitrogens with zero attached hydrogens (tertiary/aromatic N) is 3. The number of nitrogens with two attached hydrogens (primary N) is 1. The predicted octanol–water partition coefficient (Wildman–Crippen LogP) is 3.61. The SMILES string of the molecule is N#Cc1[nH]nnc1-c1ccc(N)c(-c2cccc(C(F)(F)F)c2)c1. The highest BCUT2D eigenvalue weighted by atomic mass is 19.4. The Hall–Kier alpha value is -3.34. The summed E-state index contributed by atoms with van der Waals surface area (Å²) in [7, 11) is 0. The van der Waals surface area contributed by atoms with Gasteiger partial charge in [0.05, 0.1) is 5.56 Å². The average molecular weight is 329 g/mol. The van der Waals surface area contributed by atoms with Gasteiger partial charge in [0.15, 0.2) is 5.69 Å². The fourth-order valence-electron chi connectivity index (χ4n) is 2.32. The molecule has 0 atom stereocenters. The van der Waals surface area contributed by atoms with Gasteiger partial charge in [-0.15, -0.1) is 5.10 Å². The van der Waals surface area contributed by atoms with E-state index < -0.39 is 11.7 Å². The van der Waals surface area contributed by atoms with Gasteiger partial charge in [0.25, 0.3) is 0 Å². The quantitative estimate of drug-likeness (QED) is 0.703. The Morgan fingerprint density at radius 2 is 1.88 bits per heavy atom. The van der Waals surface area contributed by atoms with E-state index in [2.05, 4.69) is 15.4 Å². The third kappa shape index (κ3) is 2.79. The van der Waals surface area contributed by atoms with Gasteiger partial charge in [0.2, 0.25) is 0 Å². The van der Waals surface area contributed by atoms with E-state index in [0.717, 1.165) is 12.1 Å². The lowest BCUT2D eigenvalue weighted by molar-refractivity contribution is -0.137. The number of halogens is 3. The summed E-state index contributed by atoms with van der Waals surface area (Å²) in [5.74, 6) is 0. The van der Waals surface area contributed by atoms with E-state index in [0.29, 0.717) is 28.1 Å². The number of aromatic nitrogens is 3. The van der Waals surface area contributed by atoms with Crippen molar-refractivity contribution in [3.8, 4) is 28.5 Å². The van der Waals surface area contributed by atoms with Crippen molar-refractivity contribution in [2.45, 2.75) is 6.18 Å². The van der Waals surface area contributed by atoms with Crippen LogP contribution in [0.5, 0.6) is 0 Å². The first-order valence-corrected chi connectivity index (χ1v) is 6.79. The first kappa shape index (κ1) is 15.6. The second-order valence-corrected chi connectivity index (χ2v) is 5.03. The van der Waals surface area contributed by atoms with Crippen molar-refractivity contribution < 1.29 is 13.2 Å². The van der Waals surface area contributed by atoms with Crippen molar-refractivity contribution in [3.63, 3.8) is 0 Å². The van der Waals surface area contributed by atoms with Crippen LogP contribution >= 0.6 is 0 Å². The fraction of sp³-hybridized carbons (Fsp3) is 0.0625. The Morgan fingerprint density at radius 3 is 2.58 bits per heavy atom. The monoisotopic (exact) mass is 329 g/mol. The highest BCUT2D eigenvalue weighted by Gasteiger charge is 2.30. The normalized spacial score (nSPS) is 11.2. The van der Waals surface area contributed by atoms with E-state index in [1.807, 2.05) is 6.07 Å². The molecular formula is C16H10F3N5. The summed E-state index contributed by atoms with van der Waals surface area (Å²) in [6, 6.07) is 11.6. The van der Waals surface area contributed by atoms with Crippen molar-refractivity contribution in [2.75, 3.05) is 5.73 Å².